The fourth-order valence-corrected chi connectivity index (χ4v) is 4.20. The third-order valence-electron chi connectivity index (χ3n) is 6.62. The molecule has 1 aliphatic rings. The third-order valence-corrected chi connectivity index (χ3v) is 6.62. The molecule has 222 valence electrons. The maximum atomic E-state index is 15.7. The Morgan fingerprint density at radius 1 is 1.23 bits per heavy atom. The monoisotopic (exact) mass is 558 g/mol. The van der Waals surface area contributed by atoms with Gasteiger partial charge < -0.3 is 25.3 Å². The number of nitrogens with zero attached hydrogens (tertiary/aromatic N) is 2. The van der Waals surface area contributed by atoms with Crippen molar-refractivity contribution in [2.75, 3.05) is 18.5 Å². The van der Waals surface area contributed by atoms with Crippen LogP contribution in [0.25, 0.3) is 0 Å². The first-order valence-electron chi connectivity index (χ1n) is 13.6. The van der Waals surface area contributed by atoms with E-state index in [9.17, 15) is 14.4 Å². The summed E-state index contributed by atoms with van der Waals surface area (Å²) in [6, 6.07) is 0.259. The second-order valence-electron chi connectivity index (χ2n) is 11.5. The number of esters is 2. The van der Waals surface area contributed by atoms with Crippen LogP contribution in [0, 0.1) is 17.3 Å². The van der Waals surface area contributed by atoms with E-state index in [1.807, 2.05) is 0 Å². The molecule has 0 amide bonds. The van der Waals surface area contributed by atoms with E-state index in [1.54, 1.807) is 34.6 Å². The van der Waals surface area contributed by atoms with E-state index in [1.165, 1.54) is 6.07 Å². The van der Waals surface area contributed by atoms with Crippen LogP contribution >= 0.6 is 0 Å². The molecule has 0 aromatic carbocycles. The van der Waals surface area contributed by atoms with Crippen LogP contribution in [0.2, 0.25) is 0 Å². The largest absolute Gasteiger partial charge is 0.462 e. The zero-order valence-electron chi connectivity index (χ0n) is 24.0. The molecule has 39 heavy (non-hydrogen) atoms. The second kappa shape index (κ2) is 13.6. The van der Waals surface area contributed by atoms with Crippen LogP contribution in [-0.4, -0.2) is 58.8 Å². The molecule has 0 radical (unpaired) electrons. The van der Waals surface area contributed by atoms with E-state index in [0.717, 1.165) is 31.9 Å². The molecular formula is C27H44F2N4O6. The standard InChI is InChI=1S/C27H44F2N4O6/c1-8-10-17(11-9-2)14-31-19-12-13-33(25(36)32-19)23-27(28,29)21(39-22(34)20(30)16(3)4)18(38-23)15-37-24(35)26(5,6)7/h12-13,16-18,20-21,23H,8-11,14-15,30H2,1-7H3,(H,31,32,36)/t18-,20+,21-,23-/m1/s1. The lowest BCUT2D eigenvalue weighted by Crippen LogP contribution is -2.48. The van der Waals surface area contributed by atoms with Crippen molar-refractivity contribution in [2.24, 2.45) is 23.0 Å². The fraction of sp³-hybridized carbons (Fsp3) is 0.778. The zero-order valence-corrected chi connectivity index (χ0v) is 24.0. The van der Waals surface area contributed by atoms with Gasteiger partial charge >= 0.3 is 23.6 Å². The molecule has 3 N–H and O–H groups in total. The number of alkyl halides is 2. The first-order chi connectivity index (χ1) is 18.1. The molecule has 0 saturated carbocycles. The number of hydrogen-bond donors (Lipinski definition) is 2. The van der Waals surface area contributed by atoms with Crippen LogP contribution in [-0.2, 0) is 23.8 Å². The molecule has 10 nitrogen and oxygen atoms in total. The first kappa shape index (κ1) is 32.6. The van der Waals surface area contributed by atoms with Crippen LogP contribution in [0.5, 0.6) is 0 Å². The number of carbonyl (C=O) groups excluding carboxylic acids is 2. The average Bonchev–Trinajstić information content (AvgIpc) is 3.09. The Morgan fingerprint density at radius 3 is 2.36 bits per heavy atom. The Balaban J connectivity index is 2.30. The average molecular weight is 559 g/mol. The van der Waals surface area contributed by atoms with Gasteiger partial charge in [-0.25, -0.2) is 4.79 Å². The SMILES string of the molecule is CCCC(CCC)CNc1ccn([C@@H]2O[C@H](COC(=O)C(C)(C)C)[C@@H](OC(=O)[C@@H](N)C(C)C)C2(F)F)c(=O)n1. The highest BCUT2D eigenvalue weighted by atomic mass is 19.3. The summed E-state index contributed by atoms with van der Waals surface area (Å²) in [7, 11) is 0. The van der Waals surface area contributed by atoms with Crippen molar-refractivity contribution in [1.29, 1.82) is 0 Å². The molecule has 1 aromatic rings. The summed E-state index contributed by atoms with van der Waals surface area (Å²) in [5.41, 5.74) is 3.94. The first-order valence-corrected chi connectivity index (χ1v) is 13.6. The molecule has 1 aliphatic heterocycles. The molecule has 2 heterocycles. The summed E-state index contributed by atoms with van der Waals surface area (Å²) in [5.74, 6) is -5.28. The molecule has 1 fully saturated rings. The van der Waals surface area contributed by atoms with Crippen molar-refractivity contribution in [3.63, 3.8) is 0 Å². The van der Waals surface area contributed by atoms with Gasteiger partial charge in [-0.3, -0.25) is 14.2 Å². The molecule has 0 aliphatic carbocycles. The highest BCUT2D eigenvalue weighted by Gasteiger charge is 2.63. The maximum Gasteiger partial charge on any atom is 0.351 e. The van der Waals surface area contributed by atoms with Crippen LogP contribution in [0.4, 0.5) is 14.6 Å². The number of rotatable bonds is 13. The van der Waals surface area contributed by atoms with E-state index in [0.29, 0.717) is 17.0 Å². The van der Waals surface area contributed by atoms with Gasteiger partial charge in [-0.05, 0) is 51.5 Å². The van der Waals surface area contributed by atoms with E-state index < -0.39 is 60.1 Å². The molecular weight excluding hydrogens is 514 g/mol. The maximum absolute atomic E-state index is 15.7. The number of anilines is 1. The zero-order chi connectivity index (χ0) is 29.5. The number of halogens is 2. The molecule has 2 rings (SSSR count). The minimum atomic E-state index is -3.86. The molecule has 12 heteroatoms. The lowest BCUT2D eigenvalue weighted by Gasteiger charge is -2.26. The Morgan fingerprint density at radius 2 is 1.85 bits per heavy atom. The quantitative estimate of drug-likeness (QED) is 0.346. The van der Waals surface area contributed by atoms with Gasteiger partial charge in [0.1, 0.15) is 24.6 Å². The van der Waals surface area contributed by atoms with E-state index >= 15 is 8.78 Å². The number of carbonyl (C=O) groups is 2. The summed E-state index contributed by atoms with van der Waals surface area (Å²) >= 11 is 0. The van der Waals surface area contributed by atoms with Gasteiger partial charge in [0.2, 0.25) is 6.23 Å². The van der Waals surface area contributed by atoms with Crippen molar-refractivity contribution in [3.05, 3.63) is 22.7 Å². The van der Waals surface area contributed by atoms with Gasteiger partial charge in [0.15, 0.2) is 6.10 Å². The summed E-state index contributed by atoms with van der Waals surface area (Å²) in [6.45, 7) is 12.3. The molecule has 1 saturated heterocycles. The van der Waals surface area contributed by atoms with E-state index in [2.05, 4.69) is 24.1 Å². The minimum absolute atomic E-state index is 0.260. The number of ether oxygens (including phenoxy) is 3. The lowest BCUT2D eigenvalue weighted by molar-refractivity contribution is -0.179. The van der Waals surface area contributed by atoms with Crippen LogP contribution in [0.15, 0.2) is 17.1 Å². The summed E-state index contributed by atoms with van der Waals surface area (Å²) in [5, 5.41) is 3.11. The highest BCUT2D eigenvalue weighted by molar-refractivity contribution is 5.76. The molecule has 4 atom stereocenters. The van der Waals surface area contributed by atoms with Crippen LogP contribution < -0.4 is 16.7 Å². The van der Waals surface area contributed by atoms with E-state index in [4.69, 9.17) is 19.9 Å². The van der Waals surface area contributed by atoms with E-state index in [-0.39, 0.29) is 11.7 Å². The predicted molar refractivity (Wildman–Crippen MR) is 142 cm³/mol. The van der Waals surface area contributed by atoms with Crippen molar-refractivity contribution in [3.8, 4) is 0 Å². The van der Waals surface area contributed by atoms with Gasteiger partial charge in [-0.15, -0.1) is 0 Å². The Labute approximate surface area is 229 Å². The molecule has 1 aromatic heterocycles. The summed E-state index contributed by atoms with van der Waals surface area (Å²) in [4.78, 5) is 41.5. The number of nitrogens with two attached hydrogens (primary N) is 1. The number of aromatic nitrogens is 2. The van der Waals surface area contributed by atoms with Crippen molar-refractivity contribution < 1.29 is 32.6 Å². The second-order valence-corrected chi connectivity index (χ2v) is 11.5. The third kappa shape index (κ3) is 8.44. The van der Waals surface area contributed by atoms with Crippen molar-refractivity contribution >= 4 is 17.8 Å². The van der Waals surface area contributed by atoms with Crippen molar-refractivity contribution in [1.82, 2.24) is 9.55 Å². The summed E-state index contributed by atoms with van der Waals surface area (Å²) in [6.07, 6.45) is -0.609. The minimum Gasteiger partial charge on any atom is -0.462 e. The topological polar surface area (TPSA) is 135 Å². The predicted octanol–water partition coefficient (Wildman–Crippen LogP) is 3.89. The molecule has 0 bridgehead atoms. The molecule has 0 unspecified atom stereocenters. The highest BCUT2D eigenvalue weighted by Crippen LogP contribution is 2.44. The Bertz CT molecular complexity index is 1020. The number of nitrogens with one attached hydrogen (secondary N) is 1. The van der Waals surface area contributed by atoms with Gasteiger partial charge in [0.25, 0.3) is 0 Å². The summed E-state index contributed by atoms with van der Waals surface area (Å²) < 4.78 is 47.9. The van der Waals surface area contributed by atoms with Gasteiger partial charge in [0.05, 0.1) is 5.41 Å². The fourth-order valence-electron chi connectivity index (χ4n) is 4.20. The van der Waals surface area contributed by atoms with Crippen LogP contribution in [0.1, 0.15) is 80.4 Å². The normalized spacial score (nSPS) is 21.7. The Hall–Kier alpha value is -2.60. The Kier molecular flexibility index (Phi) is 11.4. The van der Waals surface area contributed by atoms with Crippen LogP contribution in [0.3, 0.4) is 0 Å². The van der Waals surface area contributed by atoms with Gasteiger partial charge in [-0.2, -0.15) is 13.8 Å². The van der Waals surface area contributed by atoms with Gasteiger partial charge in [-0.1, -0.05) is 40.5 Å². The lowest BCUT2D eigenvalue weighted by atomic mass is 9.97. The number of hydrogen-bond acceptors (Lipinski definition) is 9. The van der Waals surface area contributed by atoms with Crippen molar-refractivity contribution in [2.45, 2.75) is 105 Å². The smallest absolute Gasteiger partial charge is 0.351 e. The van der Waals surface area contributed by atoms with Gasteiger partial charge in [0, 0.05) is 12.7 Å². The molecule has 0 spiro atoms.